The largest absolute Gasteiger partial charge is 0.376 e. The van der Waals surface area contributed by atoms with E-state index in [9.17, 15) is 13.2 Å². The van der Waals surface area contributed by atoms with Crippen molar-refractivity contribution in [1.29, 1.82) is 0 Å². The van der Waals surface area contributed by atoms with Crippen LogP contribution in [-0.4, -0.2) is 32.7 Å². The number of benzene rings is 1. The average molecular weight is 312 g/mol. The second kappa shape index (κ2) is 8.02. The highest BCUT2D eigenvalue weighted by molar-refractivity contribution is 7.91. The molecule has 2 N–H and O–H groups in total. The molecule has 0 atom stereocenters. The maximum Gasteiger partial charge on any atom is 0.239 e. The molecule has 5 nitrogen and oxygen atoms in total. The Morgan fingerprint density at radius 2 is 2.00 bits per heavy atom. The van der Waals surface area contributed by atoms with Crippen LogP contribution < -0.4 is 10.6 Å². The van der Waals surface area contributed by atoms with Crippen molar-refractivity contribution in [2.45, 2.75) is 38.2 Å². The molecule has 0 aromatic heterocycles. The monoisotopic (exact) mass is 312 g/mol. The van der Waals surface area contributed by atoms with Crippen molar-refractivity contribution in [3.8, 4) is 0 Å². The van der Waals surface area contributed by atoms with E-state index >= 15 is 0 Å². The van der Waals surface area contributed by atoms with Gasteiger partial charge in [-0.15, -0.1) is 0 Å². The summed E-state index contributed by atoms with van der Waals surface area (Å²) in [6.07, 6.45) is 0.897. The first-order valence-electron chi connectivity index (χ1n) is 7.16. The summed E-state index contributed by atoms with van der Waals surface area (Å²) < 4.78 is 23.8. The number of nitrogens with one attached hydrogen (secondary N) is 2. The molecular weight excluding hydrogens is 288 g/mol. The van der Waals surface area contributed by atoms with E-state index in [-0.39, 0.29) is 18.2 Å². The molecule has 0 heterocycles. The Kier molecular flexibility index (Phi) is 6.68. The lowest BCUT2D eigenvalue weighted by Gasteiger charge is -2.10. The van der Waals surface area contributed by atoms with Crippen molar-refractivity contribution < 1.29 is 13.2 Å². The van der Waals surface area contributed by atoms with Crippen LogP contribution in [0.15, 0.2) is 24.3 Å². The Balaban J connectivity index is 2.63. The third-order valence-corrected chi connectivity index (χ3v) is 5.21. The number of carbonyl (C=O) groups excluding carboxylic acids is 1. The van der Waals surface area contributed by atoms with Gasteiger partial charge in [-0.05, 0) is 38.0 Å². The molecule has 1 aromatic rings. The van der Waals surface area contributed by atoms with Gasteiger partial charge in [-0.3, -0.25) is 4.79 Å². The van der Waals surface area contributed by atoms with Crippen LogP contribution in [-0.2, 0) is 20.4 Å². The van der Waals surface area contributed by atoms with Crippen LogP contribution >= 0.6 is 0 Å². The molecule has 1 aromatic carbocycles. The first-order valence-corrected chi connectivity index (χ1v) is 8.87. The topological polar surface area (TPSA) is 75.3 Å². The molecule has 0 saturated carbocycles. The van der Waals surface area contributed by atoms with E-state index in [4.69, 9.17) is 0 Å². The van der Waals surface area contributed by atoms with Crippen LogP contribution in [0.25, 0.3) is 0 Å². The van der Waals surface area contributed by atoms with Gasteiger partial charge < -0.3 is 10.6 Å². The summed E-state index contributed by atoms with van der Waals surface area (Å²) in [5.74, 6) is -0.0561. The second-order valence-corrected chi connectivity index (χ2v) is 7.82. The molecule has 21 heavy (non-hydrogen) atoms. The Bertz CT molecular complexity index is 568. The first kappa shape index (κ1) is 17.5. The van der Waals surface area contributed by atoms with Gasteiger partial charge in [0.2, 0.25) is 5.91 Å². The summed E-state index contributed by atoms with van der Waals surface area (Å²) in [5.41, 5.74) is 1.47. The molecule has 0 aliphatic carbocycles. The van der Waals surface area contributed by atoms with Gasteiger partial charge in [-0.1, -0.05) is 19.1 Å². The minimum Gasteiger partial charge on any atom is -0.376 e. The van der Waals surface area contributed by atoms with E-state index in [0.717, 1.165) is 17.7 Å². The van der Waals surface area contributed by atoms with Crippen LogP contribution in [0.2, 0.25) is 0 Å². The van der Waals surface area contributed by atoms with Crippen LogP contribution in [0.1, 0.15) is 32.8 Å². The Morgan fingerprint density at radius 1 is 1.29 bits per heavy atom. The van der Waals surface area contributed by atoms with Crippen LogP contribution in [0.4, 0.5) is 5.69 Å². The number of amides is 1. The first-order chi connectivity index (χ1) is 9.85. The number of carbonyl (C=O) groups is 1. The van der Waals surface area contributed by atoms with Gasteiger partial charge in [-0.25, -0.2) is 8.42 Å². The molecule has 0 bridgehead atoms. The van der Waals surface area contributed by atoms with Gasteiger partial charge in [0, 0.05) is 12.2 Å². The molecule has 0 spiro atoms. The number of hydrogen-bond donors (Lipinski definition) is 2. The maximum absolute atomic E-state index is 11.9. The third kappa shape index (κ3) is 6.16. The minimum atomic E-state index is -3.12. The predicted octanol–water partition coefficient (Wildman–Crippen LogP) is 1.95. The molecule has 0 saturated heterocycles. The van der Waals surface area contributed by atoms with Crippen molar-refractivity contribution in [3.63, 3.8) is 0 Å². The van der Waals surface area contributed by atoms with Crippen molar-refractivity contribution >= 4 is 21.4 Å². The van der Waals surface area contributed by atoms with E-state index in [1.165, 1.54) is 0 Å². The average Bonchev–Trinajstić information content (AvgIpc) is 2.42. The predicted molar refractivity (Wildman–Crippen MR) is 86.0 cm³/mol. The van der Waals surface area contributed by atoms with Gasteiger partial charge in [0.1, 0.15) is 0 Å². The second-order valence-electron chi connectivity index (χ2n) is 5.26. The zero-order valence-corrected chi connectivity index (χ0v) is 13.7. The Hall–Kier alpha value is -1.56. The molecule has 6 heteroatoms. The molecule has 0 aliphatic rings. The van der Waals surface area contributed by atoms with E-state index in [2.05, 4.69) is 10.6 Å². The summed E-state index contributed by atoms with van der Waals surface area (Å²) >= 11 is 0. The molecule has 0 aliphatic heterocycles. The van der Waals surface area contributed by atoms with Crippen molar-refractivity contribution in [1.82, 2.24) is 5.32 Å². The lowest BCUT2D eigenvalue weighted by Crippen LogP contribution is -2.30. The van der Waals surface area contributed by atoms with Crippen LogP contribution in [0.3, 0.4) is 0 Å². The summed E-state index contributed by atoms with van der Waals surface area (Å²) in [6, 6.07) is 7.16. The third-order valence-electron chi connectivity index (χ3n) is 3.04. The minimum absolute atomic E-state index is 0.0161. The lowest BCUT2D eigenvalue weighted by atomic mass is 10.2. The van der Waals surface area contributed by atoms with Gasteiger partial charge in [0.25, 0.3) is 0 Å². The summed E-state index contributed by atoms with van der Waals surface area (Å²) in [6.45, 7) is 6.19. The maximum atomic E-state index is 11.9. The Labute approximate surface area is 127 Å². The highest BCUT2D eigenvalue weighted by atomic mass is 32.2. The SMILES string of the molecule is CCCNC(=O)CNc1cccc(CS(=O)(=O)C(C)C)c1. The molecule has 0 radical (unpaired) electrons. The summed E-state index contributed by atoms with van der Waals surface area (Å²) in [5, 5.41) is 5.38. The van der Waals surface area contributed by atoms with Gasteiger partial charge in [-0.2, -0.15) is 0 Å². The van der Waals surface area contributed by atoms with Crippen molar-refractivity contribution in [2.24, 2.45) is 0 Å². The lowest BCUT2D eigenvalue weighted by molar-refractivity contribution is -0.119. The number of rotatable bonds is 8. The van der Waals surface area contributed by atoms with E-state index in [1.807, 2.05) is 13.0 Å². The van der Waals surface area contributed by atoms with Crippen LogP contribution in [0.5, 0.6) is 0 Å². The van der Waals surface area contributed by atoms with Crippen molar-refractivity contribution in [2.75, 3.05) is 18.4 Å². The van der Waals surface area contributed by atoms with Gasteiger partial charge in [0.15, 0.2) is 9.84 Å². The summed E-state index contributed by atoms with van der Waals surface area (Å²) in [7, 11) is -3.12. The standard InChI is InChI=1S/C15H24N2O3S/c1-4-8-16-15(18)10-17-14-7-5-6-13(9-14)11-21(19,20)12(2)3/h5-7,9,12,17H,4,8,10-11H2,1-3H3,(H,16,18). The zero-order chi connectivity index (χ0) is 15.9. The quantitative estimate of drug-likeness (QED) is 0.769. The fourth-order valence-corrected chi connectivity index (χ4v) is 2.66. The Morgan fingerprint density at radius 3 is 2.62 bits per heavy atom. The van der Waals surface area contributed by atoms with E-state index < -0.39 is 15.1 Å². The van der Waals surface area contributed by atoms with Gasteiger partial charge >= 0.3 is 0 Å². The molecule has 118 valence electrons. The normalized spacial score (nSPS) is 11.4. The van der Waals surface area contributed by atoms with Gasteiger partial charge in [0.05, 0.1) is 17.5 Å². The van der Waals surface area contributed by atoms with E-state index in [0.29, 0.717) is 6.54 Å². The zero-order valence-electron chi connectivity index (χ0n) is 12.8. The van der Waals surface area contributed by atoms with Crippen LogP contribution in [0, 0.1) is 0 Å². The molecule has 0 unspecified atom stereocenters. The molecule has 1 amide bonds. The molecule has 1 rings (SSSR count). The highest BCUT2D eigenvalue weighted by Crippen LogP contribution is 2.15. The number of hydrogen-bond acceptors (Lipinski definition) is 4. The fraction of sp³-hybridized carbons (Fsp3) is 0.533. The molecule has 0 fully saturated rings. The van der Waals surface area contributed by atoms with E-state index in [1.54, 1.807) is 32.0 Å². The number of anilines is 1. The van der Waals surface area contributed by atoms with Crippen molar-refractivity contribution in [3.05, 3.63) is 29.8 Å². The highest BCUT2D eigenvalue weighted by Gasteiger charge is 2.16. The number of sulfone groups is 1. The summed E-state index contributed by atoms with van der Waals surface area (Å²) in [4.78, 5) is 11.5. The smallest absolute Gasteiger partial charge is 0.239 e. The fourth-order valence-electron chi connectivity index (χ4n) is 1.68. The molecular formula is C15H24N2O3S.